The number of rotatable bonds is 4. The number of aromatic nitrogens is 1. The van der Waals surface area contributed by atoms with Gasteiger partial charge in [0.25, 0.3) is 0 Å². The van der Waals surface area contributed by atoms with Crippen LogP contribution in [-0.4, -0.2) is 16.9 Å². The maximum Gasteiger partial charge on any atom is 0.223 e. The van der Waals surface area contributed by atoms with Crippen molar-refractivity contribution in [1.82, 2.24) is 10.3 Å². The number of nitrogens with zero attached hydrogens (tertiary/aromatic N) is 1. The van der Waals surface area contributed by atoms with Crippen LogP contribution in [0.25, 0.3) is 10.9 Å². The lowest BCUT2D eigenvalue weighted by molar-refractivity contribution is -0.128. The largest absolute Gasteiger partial charge is 0.353 e. The average molecular weight is 354 g/mol. The molecule has 0 radical (unpaired) electrons. The fourth-order valence-corrected chi connectivity index (χ4v) is 4.56. The Bertz CT molecular complexity index is 794. The van der Waals surface area contributed by atoms with Crippen molar-refractivity contribution < 1.29 is 9.18 Å². The normalized spacial score (nSPS) is 24.8. The zero-order valence-electron chi connectivity index (χ0n) is 15.4. The van der Waals surface area contributed by atoms with Crippen LogP contribution < -0.4 is 5.32 Å². The molecule has 1 heterocycles. The molecule has 1 aromatic heterocycles. The summed E-state index contributed by atoms with van der Waals surface area (Å²) in [5.74, 6) is 1.30. The highest BCUT2D eigenvalue weighted by Gasteiger charge is 2.30. The number of carbonyl (C=O) groups is 1. The average Bonchev–Trinajstić information content (AvgIpc) is 2.59. The molecule has 1 amide bonds. The standard InChI is InChI=1S/C22H27FN2O/c1-14(25-22(26)17-3-2-4-17)15-5-7-16(8-6-15)19-11-12-24-21-10-9-18(23)13-20(19)21/h9-17H,2-8H2,1H3,(H,25,26)/t14-,15-,16+/m1/s1. The lowest BCUT2D eigenvalue weighted by Crippen LogP contribution is -2.43. The fraction of sp³-hybridized carbons (Fsp3) is 0.545. The highest BCUT2D eigenvalue weighted by atomic mass is 19.1. The maximum absolute atomic E-state index is 13.7. The van der Waals surface area contributed by atoms with E-state index in [4.69, 9.17) is 0 Å². The van der Waals surface area contributed by atoms with Crippen LogP contribution in [0.2, 0.25) is 0 Å². The molecule has 3 nitrogen and oxygen atoms in total. The molecule has 0 bridgehead atoms. The molecule has 0 unspecified atom stereocenters. The molecule has 26 heavy (non-hydrogen) atoms. The Balaban J connectivity index is 1.40. The van der Waals surface area contributed by atoms with E-state index in [0.717, 1.165) is 49.4 Å². The van der Waals surface area contributed by atoms with E-state index in [1.165, 1.54) is 18.1 Å². The summed E-state index contributed by atoms with van der Waals surface area (Å²) in [5.41, 5.74) is 2.09. The number of hydrogen-bond donors (Lipinski definition) is 1. The first-order chi connectivity index (χ1) is 12.6. The van der Waals surface area contributed by atoms with Crippen molar-refractivity contribution in [1.29, 1.82) is 0 Å². The monoisotopic (exact) mass is 354 g/mol. The summed E-state index contributed by atoms with van der Waals surface area (Å²) in [6.07, 6.45) is 9.52. The van der Waals surface area contributed by atoms with E-state index in [-0.39, 0.29) is 23.7 Å². The number of hydrogen-bond acceptors (Lipinski definition) is 2. The van der Waals surface area contributed by atoms with E-state index in [1.54, 1.807) is 12.1 Å². The van der Waals surface area contributed by atoms with Crippen LogP contribution in [0.3, 0.4) is 0 Å². The quantitative estimate of drug-likeness (QED) is 0.844. The Hall–Kier alpha value is -1.97. The minimum Gasteiger partial charge on any atom is -0.353 e. The summed E-state index contributed by atoms with van der Waals surface area (Å²) >= 11 is 0. The molecule has 2 aliphatic carbocycles. The van der Waals surface area contributed by atoms with E-state index in [1.807, 2.05) is 6.20 Å². The third-order valence-electron chi connectivity index (χ3n) is 6.50. The van der Waals surface area contributed by atoms with Crippen LogP contribution in [0.5, 0.6) is 0 Å². The summed E-state index contributed by atoms with van der Waals surface area (Å²) in [7, 11) is 0. The minimum absolute atomic E-state index is 0.201. The fourth-order valence-electron chi connectivity index (χ4n) is 4.56. The first-order valence-electron chi connectivity index (χ1n) is 9.96. The van der Waals surface area contributed by atoms with Crippen molar-refractivity contribution in [3.63, 3.8) is 0 Å². The molecular weight excluding hydrogens is 327 g/mol. The van der Waals surface area contributed by atoms with Gasteiger partial charge in [0, 0.05) is 23.5 Å². The second-order valence-corrected chi connectivity index (χ2v) is 8.10. The molecule has 0 saturated heterocycles. The molecule has 2 aliphatic rings. The SMILES string of the molecule is C[C@@H](NC(=O)C1CCC1)[C@H]1CC[C@@H](c2ccnc3ccc(F)cc32)CC1. The van der Waals surface area contributed by atoms with Crippen molar-refractivity contribution in [2.45, 2.75) is 63.8 Å². The molecule has 138 valence electrons. The van der Waals surface area contributed by atoms with Gasteiger partial charge in [0.15, 0.2) is 0 Å². The minimum atomic E-state index is -0.201. The number of benzene rings is 1. The van der Waals surface area contributed by atoms with Gasteiger partial charge in [-0.3, -0.25) is 9.78 Å². The summed E-state index contributed by atoms with van der Waals surface area (Å²) in [6, 6.07) is 7.15. The number of amides is 1. The Kier molecular flexibility index (Phi) is 4.92. The number of halogens is 1. The van der Waals surface area contributed by atoms with Gasteiger partial charge in [0.1, 0.15) is 5.82 Å². The van der Waals surface area contributed by atoms with E-state index >= 15 is 0 Å². The van der Waals surface area contributed by atoms with Gasteiger partial charge in [0.05, 0.1) is 5.52 Å². The lowest BCUT2D eigenvalue weighted by Gasteiger charge is -2.34. The maximum atomic E-state index is 13.7. The van der Waals surface area contributed by atoms with Crippen LogP contribution in [0.4, 0.5) is 4.39 Å². The van der Waals surface area contributed by atoms with Crippen molar-refractivity contribution in [3.8, 4) is 0 Å². The van der Waals surface area contributed by atoms with Gasteiger partial charge >= 0.3 is 0 Å². The zero-order valence-corrected chi connectivity index (χ0v) is 15.4. The van der Waals surface area contributed by atoms with Crippen molar-refractivity contribution in [2.75, 3.05) is 0 Å². The topological polar surface area (TPSA) is 42.0 Å². The van der Waals surface area contributed by atoms with E-state index < -0.39 is 0 Å². The van der Waals surface area contributed by atoms with E-state index in [0.29, 0.717) is 11.8 Å². The smallest absolute Gasteiger partial charge is 0.223 e. The van der Waals surface area contributed by atoms with Crippen LogP contribution in [-0.2, 0) is 4.79 Å². The third kappa shape index (κ3) is 3.46. The van der Waals surface area contributed by atoms with Gasteiger partial charge in [-0.05, 0) is 87.1 Å². The molecule has 2 saturated carbocycles. The molecule has 4 heteroatoms. The number of carbonyl (C=O) groups excluding carboxylic acids is 1. The van der Waals surface area contributed by atoms with Gasteiger partial charge in [-0.2, -0.15) is 0 Å². The Morgan fingerprint density at radius 2 is 1.92 bits per heavy atom. The summed E-state index contributed by atoms with van der Waals surface area (Å²) < 4.78 is 13.7. The second kappa shape index (κ2) is 7.34. The Morgan fingerprint density at radius 1 is 1.15 bits per heavy atom. The van der Waals surface area contributed by atoms with Gasteiger partial charge in [-0.25, -0.2) is 4.39 Å². The summed E-state index contributed by atoms with van der Waals surface area (Å²) in [4.78, 5) is 16.6. The van der Waals surface area contributed by atoms with Crippen LogP contribution in [0, 0.1) is 17.7 Å². The van der Waals surface area contributed by atoms with Crippen LogP contribution >= 0.6 is 0 Å². The molecule has 0 spiro atoms. The first kappa shape index (κ1) is 17.4. The molecule has 1 N–H and O–H groups in total. The van der Waals surface area contributed by atoms with Crippen molar-refractivity contribution >= 4 is 16.8 Å². The summed E-state index contributed by atoms with van der Waals surface area (Å²) in [5, 5.41) is 4.19. The lowest BCUT2D eigenvalue weighted by atomic mass is 9.75. The molecule has 1 aromatic carbocycles. The van der Waals surface area contributed by atoms with Gasteiger partial charge in [0.2, 0.25) is 5.91 Å². The molecular formula is C22H27FN2O. The van der Waals surface area contributed by atoms with Crippen molar-refractivity contribution in [3.05, 3.63) is 41.8 Å². The first-order valence-corrected chi connectivity index (χ1v) is 9.96. The van der Waals surface area contributed by atoms with Crippen molar-refractivity contribution in [2.24, 2.45) is 11.8 Å². The molecule has 2 aromatic rings. The van der Waals surface area contributed by atoms with Gasteiger partial charge in [-0.1, -0.05) is 6.42 Å². The molecule has 4 rings (SSSR count). The highest BCUT2D eigenvalue weighted by molar-refractivity contribution is 5.82. The Morgan fingerprint density at radius 3 is 2.62 bits per heavy atom. The van der Waals surface area contributed by atoms with Gasteiger partial charge < -0.3 is 5.32 Å². The number of fused-ring (bicyclic) bond motifs is 1. The third-order valence-corrected chi connectivity index (χ3v) is 6.50. The van der Waals surface area contributed by atoms with E-state index in [2.05, 4.69) is 23.3 Å². The van der Waals surface area contributed by atoms with Crippen LogP contribution in [0.1, 0.15) is 63.4 Å². The van der Waals surface area contributed by atoms with Crippen LogP contribution in [0.15, 0.2) is 30.5 Å². The predicted molar refractivity (Wildman–Crippen MR) is 101 cm³/mol. The predicted octanol–water partition coefficient (Wildman–Crippen LogP) is 4.95. The summed E-state index contributed by atoms with van der Waals surface area (Å²) in [6.45, 7) is 2.15. The highest BCUT2D eigenvalue weighted by Crippen LogP contribution is 2.39. The molecule has 0 aliphatic heterocycles. The Labute approximate surface area is 154 Å². The number of pyridine rings is 1. The van der Waals surface area contributed by atoms with E-state index in [9.17, 15) is 9.18 Å². The second-order valence-electron chi connectivity index (χ2n) is 8.10. The molecule has 1 atom stereocenters. The van der Waals surface area contributed by atoms with Gasteiger partial charge in [-0.15, -0.1) is 0 Å². The zero-order chi connectivity index (χ0) is 18.1. The molecule has 2 fully saturated rings. The number of nitrogens with one attached hydrogen (secondary N) is 1.